The van der Waals surface area contributed by atoms with Crippen molar-refractivity contribution in [2.45, 2.75) is 26.8 Å². The van der Waals surface area contributed by atoms with Gasteiger partial charge in [-0.15, -0.1) is 0 Å². The van der Waals surface area contributed by atoms with E-state index in [1.165, 1.54) is 11.8 Å². The molecule has 30 heavy (non-hydrogen) atoms. The number of fused-ring (bicyclic) bond motifs is 1. The molecule has 0 saturated carbocycles. The number of hydrogen-bond donors (Lipinski definition) is 2. The summed E-state index contributed by atoms with van der Waals surface area (Å²) >= 11 is 0. The molecule has 0 fully saturated rings. The molecule has 156 valence electrons. The van der Waals surface area contributed by atoms with E-state index >= 15 is 0 Å². The highest BCUT2D eigenvalue weighted by atomic mass is 16.4. The van der Waals surface area contributed by atoms with Gasteiger partial charge in [0.2, 0.25) is 0 Å². The summed E-state index contributed by atoms with van der Waals surface area (Å²) in [6.07, 6.45) is 0. The van der Waals surface area contributed by atoms with E-state index < -0.39 is 17.9 Å². The molecule has 9 nitrogen and oxygen atoms in total. The van der Waals surface area contributed by atoms with Gasteiger partial charge in [-0.3, -0.25) is 14.4 Å². The molecule has 0 aliphatic carbocycles. The SMILES string of the molecule is Cc1cc(C(=O)NC(C)C(=O)O)ccc1-c1cc2nc(C(=O)N(C)C)cc(C)n2n1. The van der Waals surface area contributed by atoms with Gasteiger partial charge in [-0.1, -0.05) is 6.07 Å². The van der Waals surface area contributed by atoms with Crippen molar-refractivity contribution < 1.29 is 19.5 Å². The number of carboxylic acid groups (broad SMARTS) is 1. The molecule has 1 atom stereocenters. The van der Waals surface area contributed by atoms with E-state index in [1.54, 1.807) is 48.9 Å². The normalized spacial score (nSPS) is 11.9. The summed E-state index contributed by atoms with van der Waals surface area (Å²) in [4.78, 5) is 41.3. The lowest BCUT2D eigenvalue weighted by Gasteiger charge is -2.11. The van der Waals surface area contributed by atoms with E-state index in [0.717, 1.165) is 16.8 Å². The minimum atomic E-state index is -1.10. The van der Waals surface area contributed by atoms with Crippen molar-refractivity contribution in [1.29, 1.82) is 0 Å². The Labute approximate surface area is 173 Å². The number of carbonyl (C=O) groups excluding carboxylic acids is 2. The summed E-state index contributed by atoms with van der Waals surface area (Å²) in [5.41, 5.74) is 4.29. The lowest BCUT2D eigenvalue weighted by atomic mass is 10.0. The first kappa shape index (κ1) is 21.0. The lowest BCUT2D eigenvalue weighted by molar-refractivity contribution is -0.138. The Morgan fingerprint density at radius 3 is 2.43 bits per heavy atom. The number of aliphatic carboxylic acids is 1. The van der Waals surface area contributed by atoms with E-state index in [2.05, 4.69) is 15.4 Å². The van der Waals surface area contributed by atoms with Crippen LogP contribution in [-0.4, -0.2) is 62.5 Å². The molecular formula is C21H23N5O4. The first-order valence-electron chi connectivity index (χ1n) is 9.32. The maximum absolute atomic E-state index is 12.3. The molecule has 0 saturated heterocycles. The molecule has 0 aliphatic rings. The lowest BCUT2D eigenvalue weighted by Crippen LogP contribution is -2.38. The number of rotatable bonds is 5. The minimum Gasteiger partial charge on any atom is -0.480 e. The Morgan fingerprint density at radius 1 is 1.13 bits per heavy atom. The number of aryl methyl sites for hydroxylation is 2. The molecule has 1 unspecified atom stereocenters. The Bertz CT molecular complexity index is 1170. The van der Waals surface area contributed by atoms with Crippen LogP contribution in [0.1, 0.15) is 39.0 Å². The second-order valence-electron chi connectivity index (χ2n) is 7.35. The molecule has 2 heterocycles. The van der Waals surface area contributed by atoms with Gasteiger partial charge < -0.3 is 15.3 Å². The Balaban J connectivity index is 1.96. The summed E-state index contributed by atoms with van der Waals surface area (Å²) < 4.78 is 1.66. The van der Waals surface area contributed by atoms with Crippen molar-refractivity contribution in [3.05, 3.63) is 52.8 Å². The van der Waals surface area contributed by atoms with Crippen LogP contribution >= 0.6 is 0 Å². The quantitative estimate of drug-likeness (QED) is 0.665. The zero-order valence-electron chi connectivity index (χ0n) is 17.4. The summed E-state index contributed by atoms with van der Waals surface area (Å²) in [6.45, 7) is 5.10. The van der Waals surface area contributed by atoms with Crippen molar-refractivity contribution in [1.82, 2.24) is 24.8 Å². The van der Waals surface area contributed by atoms with Crippen molar-refractivity contribution in [2.75, 3.05) is 14.1 Å². The molecule has 0 bridgehead atoms. The van der Waals surface area contributed by atoms with Crippen LogP contribution in [0.25, 0.3) is 16.9 Å². The van der Waals surface area contributed by atoms with Crippen LogP contribution in [0.2, 0.25) is 0 Å². The smallest absolute Gasteiger partial charge is 0.325 e. The van der Waals surface area contributed by atoms with Crippen molar-refractivity contribution in [3.63, 3.8) is 0 Å². The number of carboxylic acids is 1. The largest absolute Gasteiger partial charge is 0.480 e. The number of nitrogens with zero attached hydrogens (tertiary/aromatic N) is 4. The van der Waals surface area contributed by atoms with Crippen LogP contribution in [0.3, 0.4) is 0 Å². The Hall–Kier alpha value is -3.75. The molecule has 0 aliphatic heterocycles. The van der Waals surface area contributed by atoms with Crippen molar-refractivity contribution in [3.8, 4) is 11.3 Å². The van der Waals surface area contributed by atoms with E-state index in [1.807, 2.05) is 13.8 Å². The van der Waals surface area contributed by atoms with Gasteiger partial charge >= 0.3 is 5.97 Å². The van der Waals surface area contributed by atoms with Gasteiger partial charge in [0.15, 0.2) is 5.65 Å². The number of benzene rings is 1. The fraction of sp³-hybridized carbons (Fsp3) is 0.286. The molecule has 0 radical (unpaired) electrons. The summed E-state index contributed by atoms with van der Waals surface area (Å²) in [6, 6.07) is 7.56. The molecule has 2 N–H and O–H groups in total. The highest BCUT2D eigenvalue weighted by molar-refractivity contribution is 5.97. The van der Waals surface area contributed by atoms with Crippen LogP contribution in [-0.2, 0) is 4.79 Å². The van der Waals surface area contributed by atoms with Crippen LogP contribution in [0.5, 0.6) is 0 Å². The predicted molar refractivity (Wildman–Crippen MR) is 110 cm³/mol. The zero-order chi connectivity index (χ0) is 22.2. The summed E-state index contributed by atoms with van der Waals surface area (Å²) in [5, 5.41) is 16.0. The predicted octanol–water partition coefficient (Wildman–Crippen LogP) is 1.92. The van der Waals surface area contributed by atoms with E-state index in [0.29, 0.717) is 22.6 Å². The van der Waals surface area contributed by atoms with Crippen LogP contribution in [0, 0.1) is 13.8 Å². The zero-order valence-corrected chi connectivity index (χ0v) is 17.4. The first-order valence-corrected chi connectivity index (χ1v) is 9.32. The molecule has 0 spiro atoms. The minimum absolute atomic E-state index is 0.189. The van der Waals surface area contributed by atoms with Crippen LogP contribution in [0.15, 0.2) is 30.3 Å². The average Bonchev–Trinajstić information content (AvgIpc) is 3.11. The molecule has 1 aromatic carbocycles. The summed E-state index contributed by atoms with van der Waals surface area (Å²) in [5.74, 6) is -1.75. The van der Waals surface area contributed by atoms with Crippen LogP contribution < -0.4 is 5.32 Å². The van der Waals surface area contributed by atoms with Crippen molar-refractivity contribution in [2.24, 2.45) is 0 Å². The third kappa shape index (κ3) is 4.00. The summed E-state index contributed by atoms with van der Waals surface area (Å²) in [7, 11) is 3.34. The third-order valence-electron chi connectivity index (χ3n) is 4.71. The van der Waals surface area contributed by atoms with Crippen molar-refractivity contribution >= 4 is 23.4 Å². The molecule has 2 amide bonds. The second-order valence-corrected chi connectivity index (χ2v) is 7.35. The van der Waals surface area contributed by atoms with Gasteiger partial charge in [0, 0.05) is 37.0 Å². The van der Waals surface area contributed by atoms with E-state index in [9.17, 15) is 14.4 Å². The van der Waals surface area contributed by atoms with Gasteiger partial charge in [0.25, 0.3) is 11.8 Å². The highest BCUT2D eigenvalue weighted by Gasteiger charge is 2.18. The molecule has 9 heteroatoms. The standard InChI is InChI=1S/C21H23N5O4/c1-11-8-14(19(27)22-13(3)21(29)30)6-7-15(11)16-10-18-23-17(20(28)25(4)5)9-12(2)26(18)24-16/h6-10,13H,1-5H3,(H,22,27)(H,29,30). The molecule has 3 aromatic rings. The highest BCUT2D eigenvalue weighted by Crippen LogP contribution is 2.25. The average molecular weight is 409 g/mol. The number of hydrogen-bond acceptors (Lipinski definition) is 5. The van der Waals surface area contributed by atoms with E-state index in [-0.39, 0.29) is 5.91 Å². The number of carbonyl (C=O) groups is 3. The van der Waals surface area contributed by atoms with Gasteiger partial charge in [0.05, 0.1) is 5.69 Å². The third-order valence-corrected chi connectivity index (χ3v) is 4.71. The second kappa shape index (κ2) is 7.94. The van der Waals surface area contributed by atoms with Gasteiger partial charge in [0.1, 0.15) is 11.7 Å². The maximum atomic E-state index is 12.3. The van der Waals surface area contributed by atoms with E-state index in [4.69, 9.17) is 5.11 Å². The maximum Gasteiger partial charge on any atom is 0.325 e. The topological polar surface area (TPSA) is 117 Å². The first-order chi connectivity index (χ1) is 14.1. The Morgan fingerprint density at radius 2 is 1.83 bits per heavy atom. The number of aromatic nitrogens is 3. The number of nitrogens with one attached hydrogen (secondary N) is 1. The molecular weight excluding hydrogens is 386 g/mol. The van der Waals surface area contributed by atoms with Crippen LogP contribution in [0.4, 0.5) is 0 Å². The van der Waals surface area contributed by atoms with Gasteiger partial charge in [-0.25, -0.2) is 9.50 Å². The fourth-order valence-corrected chi connectivity index (χ4v) is 3.03. The van der Waals surface area contributed by atoms with Gasteiger partial charge in [-0.2, -0.15) is 5.10 Å². The monoisotopic (exact) mass is 409 g/mol. The molecule has 2 aromatic heterocycles. The fourth-order valence-electron chi connectivity index (χ4n) is 3.03. The molecule has 3 rings (SSSR count). The number of amides is 2. The van der Waals surface area contributed by atoms with Gasteiger partial charge in [-0.05, 0) is 44.5 Å². The Kier molecular flexibility index (Phi) is 5.55.